The molecule has 1 nitrogen and oxygen atoms in total. The van der Waals surface area contributed by atoms with Crippen LogP contribution in [0.5, 0.6) is 0 Å². The summed E-state index contributed by atoms with van der Waals surface area (Å²) in [5.74, 6) is 0.309. The van der Waals surface area contributed by atoms with Crippen molar-refractivity contribution < 1.29 is 18.3 Å². The second-order valence-electron chi connectivity index (χ2n) is 3.94. The first-order chi connectivity index (χ1) is 6.35. The van der Waals surface area contributed by atoms with Crippen molar-refractivity contribution in [3.05, 3.63) is 0 Å². The van der Waals surface area contributed by atoms with Crippen LogP contribution in [-0.2, 0) is 0 Å². The molecule has 1 N–H and O–H groups in total. The van der Waals surface area contributed by atoms with E-state index in [1.807, 2.05) is 13.8 Å². The van der Waals surface area contributed by atoms with Crippen LogP contribution in [0.2, 0.25) is 0 Å². The molecular formula is C10H19F3O. The monoisotopic (exact) mass is 212 g/mol. The van der Waals surface area contributed by atoms with E-state index in [2.05, 4.69) is 0 Å². The minimum absolute atomic E-state index is 0.169. The number of aliphatic hydroxyl groups excluding tert-OH is 1. The topological polar surface area (TPSA) is 20.2 Å². The normalized spacial score (nSPS) is 16.7. The fraction of sp³-hybridized carbons (Fsp3) is 1.00. The van der Waals surface area contributed by atoms with Crippen LogP contribution >= 0.6 is 0 Å². The lowest BCUT2D eigenvalue weighted by atomic mass is 9.96. The first-order valence-corrected chi connectivity index (χ1v) is 5.10. The molecule has 0 aliphatic carbocycles. The van der Waals surface area contributed by atoms with Gasteiger partial charge in [0.05, 0.1) is 6.10 Å². The summed E-state index contributed by atoms with van der Waals surface area (Å²) in [6.07, 6.45) is -3.56. The summed E-state index contributed by atoms with van der Waals surface area (Å²) < 4.78 is 35.4. The van der Waals surface area contributed by atoms with E-state index in [0.717, 1.165) is 12.8 Å². The van der Waals surface area contributed by atoms with E-state index in [0.29, 0.717) is 12.3 Å². The highest BCUT2D eigenvalue weighted by molar-refractivity contribution is 4.63. The van der Waals surface area contributed by atoms with Crippen molar-refractivity contribution in [2.45, 2.75) is 58.2 Å². The zero-order valence-corrected chi connectivity index (χ0v) is 8.77. The Bertz CT molecular complexity index is 145. The fourth-order valence-electron chi connectivity index (χ4n) is 1.52. The van der Waals surface area contributed by atoms with E-state index in [4.69, 9.17) is 0 Å². The molecule has 0 aromatic rings. The quantitative estimate of drug-likeness (QED) is 0.714. The van der Waals surface area contributed by atoms with E-state index in [1.165, 1.54) is 0 Å². The number of hydrogen-bond donors (Lipinski definition) is 1. The SMILES string of the molecule is CCCC(C)CC(O)CCC(F)(F)F. The molecule has 2 unspecified atom stereocenters. The number of aliphatic hydroxyl groups is 1. The van der Waals surface area contributed by atoms with Crippen molar-refractivity contribution in [1.29, 1.82) is 0 Å². The first kappa shape index (κ1) is 13.8. The van der Waals surface area contributed by atoms with Crippen LogP contribution in [0.1, 0.15) is 46.0 Å². The molecule has 14 heavy (non-hydrogen) atoms. The van der Waals surface area contributed by atoms with Crippen LogP contribution in [0.15, 0.2) is 0 Å². The van der Waals surface area contributed by atoms with Gasteiger partial charge >= 0.3 is 6.18 Å². The van der Waals surface area contributed by atoms with Crippen molar-refractivity contribution in [3.8, 4) is 0 Å². The van der Waals surface area contributed by atoms with Crippen LogP contribution in [0.3, 0.4) is 0 Å². The highest BCUT2D eigenvalue weighted by Gasteiger charge is 2.28. The summed E-state index contributed by atoms with van der Waals surface area (Å²) in [6.45, 7) is 3.99. The zero-order valence-electron chi connectivity index (χ0n) is 8.77. The number of hydrogen-bond acceptors (Lipinski definition) is 1. The lowest BCUT2D eigenvalue weighted by Crippen LogP contribution is -2.16. The van der Waals surface area contributed by atoms with E-state index >= 15 is 0 Å². The van der Waals surface area contributed by atoms with Crippen molar-refractivity contribution in [3.63, 3.8) is 0 Å². The largest absolute Gasteiger partial charge is 0.393 e. The smallest absolute Gasteiger partial charge is 0.389 e. The molecule has 0 aliphatic rings. The van der Waals surface area contributed by atoms with Crippen LogP contribution in [0.4, 0.5) is 13.2 Å². The van der Waals surface area contributed by atoms with Gasteiger partial charge < -0.3 is 5.11 Å². The second kappa shape index (κ2) is 6.27. The number of alkyl halides is 3. The zero-order chi connectivity index (χ0) is 11.2. The Morgan fingerprint density at radius 2 is 1.79 bits per heavy atom. The third-order valence-corrected chi connectivity index (χ3v) is 2.22. The molecule has 0 saturated heterocycles. The predicted octanol–water partition coefficient (Wildman–Crippen LogP) is 3.52. The first-order valence-electron chi connectivity index (χ1n) is 5.10. The molecule has 0 aromatic carbocycles. The molecule has 0 rings (SSSR count). The average molecular weight is 212 g/mol. The summed E-state index contributed by atoms with van der Waals surface area (Å²) in [4.78, 5) is 0. The molecule has 0 saturated carbocycles. The van der Waals surface area contributed by atoms with Gasteiger partial charge in [0, 0.05) is 6.42 Å². The van der Waals surface area contributed by atoms with E-state index in [9.17, 15) is 18.3 Å². The van der Waals surface area contributed by atoms with E-state index in [-0.39, 0.29) is 6.42 Å². The van der Waals surface area contributed by atoms with Crippen LogP contribution in [0.25, 0.3) is 0 Å². The van der Waals surface area contributed by atoms with Crippen LogP contribution < -0.4 is 0 Å². The summed E-state index contributed by atoms with van der Waals surface area (Å²) in [7, 11) is 0. The Kier molecular flexibility index (Phi) is 6.16. The maximum Gasteiger partial charge on any atom is 0.389 e. The predicted molar refractivity (Wildman–Crippen MR) is 50.0 cm³/mol. The Balaban J connectivity index is 3.59. The molecule has 0 bridgehead atoms. The molecule has 0 spiro atoms. The summed E-state index contributed by atoms with van der Waals surface area (Å²) in [5, 5.41) is 9.31. The third-order valence-electron chi connectivity index (χ3n) is 2.22. The van der Waals surface area contributed by atoms with E-state index < -0.39 is 18.7 Å². The molecule has 0 radical (unpaired) electrons. The van der Waals surface area contributed by atoms with Gasteiger partial charge in [-0.15, -0.1) is 0 Å². The van der Waals surface area contributed by atoms with Gasteiger partial charge in [-0.05, 0) is 18.8 Å². The van der Waals surface area contributed by atoms with Gasteiger partial charge in [-0.3, -0.25) is 0 Å². The number of rotatable bonds is 6. The van der Waals surface area contributed by atoms with Gasteiger partial charge in [0.25, 0.3) is 0 Å². The summed E-state index contributed by atoms with van der Waals surface area (Å²) in [5.41, 5.74) is 0. The van der Waals surface area contributed by atoms with Gasteiger partial charge in [0.15, 0.2) is 0 Å². The van der Waals surface area contributed by atoms with Crippen molar-refractivity contribution in [1.82, 2.24) is 0 Å². The van der Waals surface area contributed by atoms with Gasteiger partial charge in [-0.2, -0.15) is 13.2 Å². The van der Waals surface area contributed by atoms with Gasteiger partial charge in [-0.1, -0.05) is 26.7 Å². The average Bonchev–Trinajstić information content (AvgIpc) is 2.00. The number of halogens is 3. The Hall–Kier alpha value is -0.250. The molecule has 4 heteroatoms. The lowest BCUT2D eigenvalue weighted by molar-refractivity contribution is -0.140. The molecule has 2 atom stereocenters. The van der Waals surface area contributed by atoms with Gasteiger partial charge in [-0.25, -0.2) is 0 Å². The molecule has 0 fully saturated rings. The minimum atomic E-state index is -4.14. The minimum Gasteiger partial charge on any atom is -0.393 e. The molecule has 86 valence electrons. The highest BCUT2D eigenvalue weighted by Crippen LogP contribution is 2.24. The molecule has 0 aliphatic heterocycles. The van der Waals surface area contributed by atoms with Crippen LogP contribution in [-0.4, -0.2) is 17.4 Å². The summed E-state index contributed by atoms with van der Waals surface area (Å²) in [6, 6.07) is 0. The molecule has 0 amide bonds. The summed E-state index contributed by atoms with van der Waals surface area (Å²) >= 11 is 0. The fourth-order valence-corrected chi connectivity index (χ4v) is 1.52. The standard InChI is InChI=1S/C10H19F3O/c1-3-4-8(2)7-9(14)5-6-10(11,12)13/h8-9,14H,3-7H2,1-2H3. The van der Waals surface area contributed by atoms with Crippen molar-refractivity contribution in [2.75, 3.05) is 0 Å². The molecule has 0 aromatic heterocycles. The molecule has 0 heterocycles. The maximum absolute atomic E-state index is 11.8. The second-order valence-corrected chi connectivity index (χ2v) is 3.94. The Labute approximate surface area is 83.3 Å². The van der Waals surface area contributed by atoms with Crippen LogP contribution in [0, 0.1) is 5.92 Å². The lowest BCUT2D eigenvalue weighted by Gasteiger charge is -2.16. The molecular weight excluding hydrogens is 193 g/mol. The van der Waals surface area contributed by atoms with Gasteiger partial charge in [0.2, 0.25) is 0 Å². The Morgan fingerprint density at radius 3 is 2.21 bits per heavy atom. The van der Waals surface area contributed by atoms with Crippen molar-refractivity contribution in [2.24, 2.45) is 5.92 Å². The van der Waals surface area contributed by atoms with Crippen molar-refractivity contribution >= 4 is 0 Å². The third kappa shape index (κ3) is 8.35. The Morgan fingerprint density at radius 1 is 1.21 bits per heavy atom. The highest BCUT2D eigenvalue weighted by atomic mass is 19.4. The maximum atomic E-state index is 11.8. The van der Waals surface area contributed by atoms with Gasteiger partial charge in [0.1, 0.15) is 0 Å². The van der Waals surface area contributed by atoms with E-state index in [1.54, 1.807) is 0 Å².